The molecule has 318 valence electrons. The number of para-hydroxylation sites is 4. The molecule has 0 aliphatic carbocycles. The van der Waals surface area contributed by atoms with Crippen LogP contribution in [0.3, 0.4) is 0 Å². The van der Waals surface area contributed by atoms with Crippen LogP contribution in [0.2, 0.25) is 0 Å². The van der Waals surface area contributed by atoms with Crippen LogP contribution in [0, 0.1) is 0 Å². The van der Waals surface area contributed by atoms with Gasteiger partial charge in [0.25, 0.3) is 0 Å². The van der Waals surface area contributed by atoms with Crippen molar-refractivity contribution in [2.45, 2.75) is 0 Å². The van der Waals surface area contributed by atoms with Crippen LogP contribution in [0.1, 0.15) is 0 Å². The first-order chi connectivity index (χ1) is 33.8. The molecule has 0 aliphatic heterocycles. The lowest BCUT2D eigenvalue weighted by Crippen LogP contribution is -2.55. The molecule has 69 heavy (non-hydrogen) atoms. The largest absolute Gasteiger partial charge is 0.456 e. The SMILES string of the molecule is Bc1c(B)c(B)c(-c2cccc(-c3ccc4oc5cccc(-n6c7ccccc7c7cc(-n8c9ccccc9c9cc(-n%10c%11ccccc%11c%11ccccc%11%10)ccc98)ccc76)c5c4c3)c2)c(B)c1B. The fraction of sp³-hybridized carbons (Fsp3) is 0. The zero-order valence-electron chi connectivity index (χ0n) is 39.2. The maximum absolute atomic E-state index is 6.67. The minimum Gasteiger partial charge on any atom is -0.456 e. The quantitative estimate of drug-likeness (QED) is 0.165. The fourth-order valence-corrected chi connectivity index (χ4v) is 11.9. The summed E-state index contributed by atoms with van der Waals surface area (Å²) in [5, 5.41) is 9.60. The van der Waals surface area contributed by atoms with E-state index >= 15 is 0 Å². The molecule has 0 spiro atoms. The molecule has 0 aliphatic rings. The number of benzene rings is 10. The summed E-state index contributed by atoms with van der Waals surface area (Å²) < 4.78 is 14.0. The third-order valence-electron chi connectivity index (χ3n) is 15.6. The fourth-order valence-electron chi connectivity index (χ4n) is 11.9. The molecule has 0 amide bonds. The van der Waals surface area contributed by atoms with E-state index in [1.54, 1.807) is 0 Å². The van der Waals surface area contributed by atoms with Crippen LogP contribution in [0.15, 0.2) is 199 Å². The van der Waals surface area contributed by atoms with Gasteiger partial charge in [0.15, 0.2) is 0 Å². The van der Waals surface area contributed by atoms with Gasteiger partial charge in [-0.25, -0.2) is 0 Å². The van der Waals surface area contributed by atoms with Gasteiger partial charge in [0.2, 0.25) is 0 Å². The zero-order chi connectivity index (χ0) is 46.2. The molecule has 0 radical (unpaired) electrons. The Bertz CT molecular complexity index is 4430. The van der Waals surface area contributed by atoms with Gasteiger partial charge in [0.05, 0.1) is 44.2 Å². The molecule has 4 heterocycles. The summed E-state index contributed by atoms with van der Waals surface area (Å²) in [6.07, 6.45) is 0. The number of aromatic nitrogens is 3. The summed E-state index contributed by atoms with van der Waals surface area (Å²) in [4.78, 5) is 0. The first-order valence-corrected chi connectivity index (χ1v) is 24.0. The molecule has 10 aromatic carbocycles. The summed E-state index contributed by atoms with van der Waals surface area (Å²) in [5.41, 5.74) is 24.0. The van der Waals surface area contributed by atoms with Crippen LogP contribution in [-0.4, -0.2) is 52.9 Å². The maximum Gasteiger partial charge on any atom is 0.139 e. The lowest BCUT2D eigenvalue weighted by atomic mass is 9.59. The summed E-state index contributed by atoms with van der Waals surface area (Å²) in [5.74, 6) is 0. The number of hydrogen-bond donors (Lipinski definition) is 0. The lowest BCUT2D eigenvalue weighted by molar-refractivity contribution is 0.669. The zero-order valence-corrected chi connectivity index (χ0v) is 39.2. The van der Waals surface area contributed by atoms with Crippen LogP contribution >= 0.6 is 0 Å². The van der Waals surface area contributed by atoms with Crippen molar-refractivity contribution in [1.82, 2.24) is 13.7 Å². The van der Waals surface area contributed by atoms with Crippen LogP contribution in [0.5, 0.6) is 0 Å². The van der Waals surface area contributed by atoms with Crippen LogP contribution in [-0.2, 0) is 0 Å². The van der Waals surface area contributed by atoms with E-state index in [0.717, 1.165) is 55.6 Å². The predicted molar refractivity (Wildman–Crippen MR) is 308 cm³/mol. The molecule has 0 unspecified atom stereocenters. The topological polar surface area (TPSA) is 27.9 Å². The second-order valence-corrected chi connectivity index (χ2v) is 19.0. The Balaban J connectivity index is 0.932. The average Bonchev–Trinajstić information content (AvgIpc) is 4.13. The second-order valence-electron chi connectivity index (χ2n) is 19.0. The molecule has 14 aromatic rings. The Hall–Kier alpha value is -8.28. The lowest BCUT2D eigenvalue weighted by Gasteiger charge is -2.21. The Morgan fingerprint density at radius 1 is 0.290 bits per heavy atom. The van der Waals surface area contributed by atoms with E-state index in [2.05, 4.69) is 247 Å². The summed E-state index contributed by atoms with van der Waals surface area (Å²) in [7, 11) is 11.3. The van der Waals surface area contributed by atoms with Gasteiger partial charge in [-0.15, -0.1) is 16.4 Å². The summed E-state index contributed by atoms with van der Waals surface area (Å²) in [6.45, 7) is 0. The van der Waals surface area contributed by atoms with Crippen LogP contribution in [0.4, 0.5) is 0 Å². The summed E-state index contributed by atoms with van der Waals surface area (Å²) >= 11 is 0. The second kappa shape index (κ2) is 14.9. The average molecular weight is 875 g/mol. The van der Waals surface area contributed by atoms with E-state index in [1.165, 1.54) is 98.4 Å². The monoisotopic (exact) mass is 875 g/mol. The Labute approximate surface area is 403 Å². The Kier molecular flexibility index (Phi) is 8.58. The maximum atomic E-state index is 6.67. The molecule has 4 nitrogen and oxygen atoms in total. The van der Waals surface area contributed by atoms with Gasteiger partial charge < -0.3 is 18.1 Å². The highest BCUT2D eigenvalue weighted by Gasteiger charge is 2.22. The van der Waals surface area contributed by atoms with Crippen molar-refractivity contribution in [3.05, 3.63) is 194 Å². The first-order valence-electron chi connectivity index (χ1n) is 24.0. The number of hydrogen-bond acceptors (Lipinski definition) is 1. The number of fused-ring (bicyclic) bond motifs is 12. The Morgan fingerprint density at radius 3 is 1.32 bits per heavy atom. The van der Waals surface area contributed by atoms with Crippen LogP contribution < -0.4 is 27.3 Å². The van der Waals surface area contributed by atoms with Gasteiger partial charge in [-0.3, -0.25) is 0 Å². The first kappa shape index (κ1) is 39.9. The van der Waals surface area contributed by atoms with E-state index < -0.39 is 0 Å². The molecule has 0 saturated carbocycles. The van der Waals surface area contributed by atoms with Gasteiger partial charge in [0.1, 0.15) is 50.4 Å². The molecular weight excluding hydrogens is 833 g/mol. The molecule has 4 aromatic heterocycles. The van der Waals surface area contributed by atoms with E-state index in [4.69, 9.17) is 4.42 Å². The van der Waals surface area contributed by atoms with E-state index in [9.17, 15) is 0 Å². The highest BCUT2D eigenvalue weighted by Crippen LogP contribution is 2.42. The predicted octanol–water partition coefficient (Wildman–Crippen LogP) is 7.50. The van der Waals surface area contributed by atoms with Crippen molar-refractivity contribution in [1.29, 1.82) is 0 Å². The van der Waals surface area contributed by atoms with Crippen molar-refractivity contribution in [3.63, 3.8) is 0 Å². The van der Waals surface area contributed by atoms with Gasteiger partial charge >= 0.3 is 0 Å². The number of furan rings is 1. The molecule has 14 rings (SSSR count). The highest BCUT2D eigenvalue weighted by molar-refractivity contribution is 6.68. The van der Waals surface area contributed by atoms with Gasteiger partial charge in [0, 0.05) is 49.1 Å². The highest BCUT2D eigenvalue weighted by atomic mass is 16.3. The minimum absolute atomic E-state index is 0.873. The van der Waals surface area contributed by atoms with Crippen LogP contribution in [0.25, 0.3) is 127 Å². The third kappa shape index (κ3) is 5.71. The third-order valence-corrected chi connectivity index (χ3v) is 15.6. The number of rotatable bonds is 5. The van der Waals surface area contributed by atoms with Crippen molar-refractivity contribution in [2.24, 2.45) is 0 Å². The molecule has 0 N–H and O–H groups in total. The van der Waals surface area contributed by atoms with E-state index in [0.29, 0.717) is 0 Å². The van der Waals surface area contributed by atoms with Gasteiger partial charge in [-0.2, -0.15) is 0 Å². The smallest absolute Gasteiger partial charge is 0.139 e. The van der Waals surface area contributed by atoms with Crippen molar-refractivity contribution in [3.8, 4) is 39.3 Å². The Morgan fingerprint density at radius 2 is 0.739 bits per heavy atom. The molecule has 9 heteroatoms. The standard InChI is InChI=1S/C60H42B5N3O/c61-56-54(57(62)59(64)60(65)58(56)63)35-12-9-11-33(29-35)34-23-28-52-44(30-34)55-51(21-10-22-53(55)69-52)68-48-20-8-4-16-41(48)43-32-37(25-27-50(43)68)67-47-19-7-3-15-40(47)42-31-36(24-26-49(42)67)66-45-17-5-1-13-38(45)39-14-2-6-18-46(39)66/h1-32H,61-65H2. The molecule has 0 saturated heterocycles. The van der Waals surface area contributed by atoms with Crippen molar-refractivity contribution in [2.75, 3.05) is 0 Å². The van der Waals surface area contributed by atoms with Gasteiger partial charge in [-0.1, -0.05) is 114 Å². The number of nitrogens with zero attached hydrogens (tertiary/aromatic N) is 3. The van der Waals surface area contributed by atoms with Crippen molar-refractivity contribution < 1.29 is 4.42 Å². The summed E-state index contributed by atoms with van der Waals surface area (Å²) in [6, 6.07) is 71.3. The van der Waals surface area contributed by atoms with E-state index in [1.807, 2.05) is 0 Å². The van der Waals surface area contributed by atoms with Crippen molar-refractivity contribution >= 4 is 154 Å². The molecule has 0 fully saturated rings. The normalized spacial score (nSPS) is 12.1. The van der Waals surface area contributed by atoms with E-state index in [-0.39, 0.29) is 0 Å². The molecule has 0 bridgehead atoms. The van der Waals surface area contributed by atoms with Gasteiger partial charge in [-0.05, 0) is 113 Å². The molecular formula is C60H42B5N3O. The minimum atomic E-state index is 0.873. The molecule has 0 atom stereocenters.